The molecule has 0 atom stereocenters. The smallest absolute Gasteiger partial charge is 0.262 e. The second-order valence-corrected chi connectivity index (χ2v) is 9.40. The van der Waals surface area contributed by atoms with E-state index in [4.69, 9.17) is 0 Å². The third kappa shape index (κ3) is 4.77. The van der Waals surface area contributed by atoms with E-state index in [0.29, 0.717) is 16.8 Å². The molecular formula is C23H26N2O3S. The number of benzene rings is 3. The van der Waals surface area contributed by atoms with Crippen LogP contribution in [0.3, 0.4) is 0 Å². The Kier molecular flexibility index (Phi) is 5.94. The lowest BCUT2D eigenvalue weighted by Gasteiger charge is -2.22. The van der Waals surface area contributed by atoms with Gasteiger partial charge in [0.1, 0.15) is 0 Å². The number of fused-ring (bicyclic) bond motifs is 1. The highest BCUT2D eigenvalue weighted by atomic mass is 32.2. The molecule has 6 heteroatoms. The molecule has 2 N–H and O–H groups in total. The summed E-state index contributed by atoms with van der Waals surface area (Å²) in [5.74, 6) is -0.0524. The van der Waals surface area contributed by atoms with Crippen LogP contribution in [0.5, 0.6) is 0 Å². The van der Waals surface area contributed by atoms with Gasteiger partial charge in [-0.3, -0.25) is 9.52 Å². The molecular weight excluding hydrogens is 384 g/mol. The van der Waals surface area contributed by atoms with Crippen molar-refractivity contribution >= 4 is 38.1 Å². The van der Waals surface area contributed by atoms with Crippen LogP contribution in [0.25, 0.3) is 10.8 Å². The van der Waals surface area contributed by atoms with Gasteiger partial charge in [0.15, 0.2) is 0 Å². The summed E-state index contributed by atoms with van der Waals surface area (Å²) in [7, 11) is -3.74. The number of rotatable bonds is 7. The van der Waals surface area contributed by atoms with Crippen molar-refractivity contribution in [3.8, 4) is 0 Å². The van der Waals surface area contributed by atoms with Gasteiger partial charge in [0.2, 0.25) is 5.91 Å². The Morgan fingerprint density at radius 3 is 2.21 bits per heavy atom. The van der Waals surface area contributed by atoms with Crippen LogP contribution in [0.1, 0.15) is 33.6 Å². The van der Waals surface area contributed by atoms with Crippen LogP contribution in [-0.2, 0) is 14.8 Å². The lowest BCUT2D eigenvalue weighted by Crippen LogP contribution is -2.30. The number of anilines is 2. The monoisotopic (exact) mass is 410 g/mol. The van der Waals surface area contributed by atoms with Crippen molar-refractivity contribution in [1.82, 2.24) is 0 Å². The molecule has 0 saturated carbocycles. The minimum absolute atomic E-state index is 0.0524. The van der Waals surface area contributed by atoms with Crippen molar-refractivity contribution in [2.24, 2.45) is 5.41 Å². The number of amides is 1. The molecule has 0 spiro atoms. The summed E-state index contributed by atoms with van der Waals surface area (Å²) in [6.45, 7) is 5.88. The zero-order valence-electron chi connectivity index (χ0n) is 16.9. The predicted octanol–water partition coefficient (Wildman–Crippen LogP) is 5.41. The van der Waals surface area contributed by atoms with Crippen LogP contribution in [-0.4, -0.2) is 14.3 Å². The third-order valence-electron chi connectivity index (χ3n) is 4.92. The molecule has 3 aromatic carbocycles. The molecule has 0 aliphatic rings. The van der Waals surface area contributed by atoms with Gasteiger partial charge in [-0.2, -0.15) is 0 Å². The molecule has 0 aliphatic heterocycles. The molecule has 0 radical (unpaired) electrons. The van der Waals surface area contributed by atoms with Gasteiger partial charge in [-0.25, -0.2) is 8.42 Å². The number of carbonyl (C=O) groups is 1. The van der Waals surface area contributed by atoms with E-state index in [1.165, 1.54) is 0 Å². The zero-order chi connectivity index (χ0) is 21.1. The first kappa shape index (κ1) is 20.9. The molecule has 0 aliphatic carbocycles. The summed E-state index contributed by atoms with van der Waals surface area (Å²) in [6, 6.07) is 19.2. The van der Waals surface area contributed by atoms with Crippen LogP contribution in [0.2, 0.25) is 0 Å². The van der Waals surface area contributed by atoms with E-state index in [9.17, 15) is 13.2 Å². The van der Waals surface area contributed by atoms with E-state index < -0.39 is 15.4 Å². The second kappa shape index (κ2) is 8.25. The van der Waals surface area contributed by atoms with Gasteiger partial charge in [0.05, 0.1) is 4.90 Å². The first-order chi connectivity index (χ1) is 13.7. The minimum atomic E-state index is -3.74. The highest BCUT2D eigenvalue weighted by molar-refractivity contribution is 7.93. The molecule has 0 unspecified atom stereocenters. The van der Waals surface area contributed by atoms with E-state index >= 15 is 0 Å². The maximum Gasteiger partial charge on any atom is 0.262 e. The average Bonchev–Trinajstić information content (AvgIpc) is 2.68. The maximum atomic E-state index is 12.9. The summed E-state index contributed by atoms with van der Waals surface area (Å²) in [6.07, 6.45) is 1.72. The summed E-state index contributed by atoms with van der Waals surface area (Å²) in [5, 5.41) is 4.43. The first-order valence-electron chi connectivity index (χ1n) is 9.65. The Morgan fingerprint density at radius 1 is 0.897 bits per heavy atom. The fourth-order valence-corrected chi connectivity index (χ4v) is 4.59. The van der Waals surface area contributed by atoms with Gasteiger partial charge in [-0.15, -0.1) is 0 Å². The SMILES string of the molecule is CCCC(C)(C)C(=O)Nc1ccc(NS(=O)(=O)c2cccc3ccccc23)cc1. The maximum absolute atomic E-state index is 12.9. The molecule has 152 valence electrons. The van der Waals surface area contributed by atoms with Crippen molar-refractivity contribution in [3.05, 3.63) is 66.7 Å². The number of carbonyl (C=O) groups excluding carboxylic acids is 1. The minimum Gasteiger partial charge on any atom is -0.326 e. The lowest BCUT2D eigenvalue weighted by molar-refractivity contribution is -0.124. The van der Waals surface area contributed by atoms with E-state index in [1.807, 2.05) is 45.0 Å². The molecule has 0 bridgehead atoms. The standard InChI is InChI=1S/C23H26N2O3S/c1-4-16-23(2,3)22(26)24-18-12-14-19(15-13-18)25-29(27,28)21-11-7-9-17-8-5-6-10-20(17)21/h5-15,25H,4,16H2,1-3H3,(H,24,26). The Labute approximate surface area is 172 Å². The molecule has 3 aromatic rings. The van der Waals surface area contributed by atoms with Gasteiger partial charge in [0, 0.05) is 22.2 Å². The Bertz CT molecular complexity index is 1120. The van der Waals surface area contributed by atoms with Crippen molar-refractivity contribution in [3.63, 3.8) is 0 Å². The second-order valence-electron chi connectivity index (χ2n) is 7.75. The average molecular weight is 411 g/mol. The van der Waals surface area contributed by atoms with E-state index in [1.54, 1.807) is 42.5 Å². The highest BCUT2D eigenvalue weighted by Crippen LogP contribution is 2.27. The quantitative estimate of drug-likeness (QED) is 0.547. The zero-order valence-corrected chi connectivity index (χ0v) is 17.7. The summed E-state index contributed by atoms with van der Waals surface area (Å²) >= 11 is 0. The van der Waals surface area contributed by atoms with Gasteiger partial charge < -0.3 is 5.32 Å². The molecule has 3 rings (SSSR count). The normalized spacial score (nSPS) is 12.0. The summed E-state index contributed by atoms with van der Waals surface area (Å²) < 4.78 is 28.4. The Morgan fingerprint density at radius 2 is 1.52 bits per heavy atom. The highest BCUT2D eigenvalue weighted by Gasteiger charge is 2.26. The molecule has 0 heterocycles. The molecule has 5 nitrogen and oxygen atoms in total. The van der Waals surface area contributed by atoms with Gasteiger partial charge in [-0.1, -0.05) is 63.6 Å². The predicted molar refractivity (Wildman–Crippen MR) is 119 cm³/mol. The fraction of sp³-hybridized carbons (Fsp3) is 0.261. The van der Waals surface area contributed by atoms with Crippen molar-refractivity contribution < 1.29 is 13.2 Å². The van der Waals surface area contributed by atoms with E-state index in [0.717, 1.165) is 18.2 Å². The van der Waals surface area contributed by atoms with Gasteiger partial charge in [-0.05, 0) is 42.1 Å². The number of sulfonamides is 1. The molecule has 0 saturated heterocycles. The Hall–Kier alpha value is -2.86. The molecule has 0 fully saturated rings. The Balaban J connectivity index is 1.78. The number of hydrogen-bond donors (Lipinski definition) is 2. The largest absolute Gasteiger partial charge is 0.326 e. The van der Waals surface area contributed by atoms with Crippen molar-refractivity contribution in [2.45, 2.75) is 38.5 Å². The number of nitrogens with one attached hydrogen (secondary N) is 2. The topological polar surface area (TPSA) is 75.3 Å². The van der Waals surface area contributed by atoms with Crippen LogP contribution in [0, 0.1) is 5.41 Å². The summed E-state index contributed by atoms with van der Waals surface area (Å²) in [5.41, 5.74) is 0.611. The van der Waals surface area contributed by atoms with Crippen LogP contribution in [0.4, 0.5) is 11.4 Å². The van der Waals surface area contributed by atoms with Crippen LogP contribution < -0.4 is 10.0 Å². The summed E-state index contributed by atoms with van der Waals surface area (Å²) in [4.78, 5) is 12.7. The van der Waals surface area contributed by atoms with Crippen molar-refractivity contribution in [2.75, 3.05) is 10.0 Å². The molecule has 0 aromatic heterocycles. The molecule has 1 amide bonds. The van der Waals surface area contributed by atoms with E-state index in [-0.39, 0.29) is 10.8 Å². The van der Waals surface area contributed by atoms with Crippen LogP contribution in [0.15, 0.2) is 71.6 Å². The third-order valence-corrected chi connectivity index (χ3v) is 6.36. The molecule has 29 heavy (non-hydrogen) atoms. The van der Waals surface area contributed by atoms with E-state index in [2.05, 4.69) is 10.0 Å². The lowest BCUT2D eigenvalue weighted by atomic mass is 9.87. The first-order valence-corrected chi connectivity index (χ1v) is 11.1. The number of hydrogen-bond acceptors (Lipinski definition) is 3. The van der Waals surface area contributed by atoms with Gasteiger partial charge >= 0.3 is 0 Å². The van der Waals surface area contributed by atoms with Gasteiger partial charge in [0.25, 0.3) is 10.0 Å². The van der Waals surface area contributed by atoms with Crippen molar-refractivity contribution in [1.29, 1.82) is 0 Å². The van der Waals surface area contributed by atoms with Crippen LogP contribution >= 0.6 is 0 Å². The fourth-order valence-electron chi connectivity index (χ4n) is 3.30.